The molecule has 0 aliphatic heterocycles. The van der Waals surface area contributed by atoms with Crippen LogP contribution in [0.5, 0.6) is 5.75 Å². The normalized spacial score (nSPS) is 19.6. The molecule has 0 amide bonds. The summed E-state index contributed by atoms with van der Waals surface area (Å²) in [5.74, 6) is -1.36. The summed E-state index contributed by atoms with van der Waals surface area (Å²) in [6.07, 6.45) is 5.69. The number of ether oxygens (including phenoxy) is 3. The lowest BCUT2D eigenvalue weighted by Crippen LogP contribution is -2.42. The second kappa shape index (κ2) is 9.58. The number of carboxylic acid groups (broad SMARTS) is 1. The Bertz CT molecular complexity index is 1270. The maximum atomic E-state index is 14.1. The molecule has 9 heteroatoms. The number of carboxylic acids is 1. The maximum Gasteiger partial charge on any atom is 0.338 e. The van der Waals surface area contributed by atoms with Gasteiger partial charge in [0.2, 0.25) is 5.82 Å². The van der Waals surface area contributed by atoms with Gasteiger partial charge in [-0.05, 0) is 42.0 Å². The Morgan fingerprint density at radius 2 is 2.03 bits per heavy atom. The number of halogens is 1. The Hall–Kier alpha value is -3.82. The third-order valence-electron chi connectivity index (χ3n) is 5.73. The van der Waals surface area contributed by atoms with Crippen LogP contribution in [0.4, 0.5) is 4.39 Å². The Balaban J connectivity index is 1.69. The number of methoxy groups -OCH3 is 3. The van der Waals surface area contributed by atoms with E-state index in [9.17, 15) is 9.18 Å². The number of hydrogen-bond acceptors (Lipinski definition) is 7. The smallest absolute Gasteiger partial charge is 0.338 e. The fourth-order valence-electron chi connectivity index (χ4n) is 4.01. The van der Waals surface area contributed by atoms with Gasteiger partial charge >= 0.3 is 5.97 Å². The molecule has 1 aliphatic rings. The zero-order valence-electron chi connectivity index (χ0n) is 18.8. The van der Waals surface area contributed by atoms with Gasteiger partial charge in [0.1, 0.15) is 17.2 Å². The van der Waals surface area contributed by atoms with Gasteiger partial charge in [0, 0.05) is 31.3 Å². The third kappa shape index (κ3) is 4.35. The molecule has 1 aromatic heterocycles. The van der Waals surface area contributed by atoms with E-state index in [0.717, 1.165) is 23.4 Å². The summed E-state index contributed by atoms with van der Waals surface area (Å²) in [5.41, 5.74) is 0.583. The average molecular weight is 466 g/mol. The van der Waals surface area contributed by atoms with Crippen LogP contribution in [0.2, 0.25) is 0 Å². The van der Waals surface area contributed by atoms with Crippen molar-refractivity contribution in [2.75, 3.05) is 27.9 Å². The molecule has 8 nitrogen and oxygen atoms in total. The Kier molecular flexibility index (Phi) is 6.58. The second-order valence-corrected chi connectivity index (χ2v) is 7.73. The van der Waals surface area contributed by atoms with Gasteiger partial charge in [0.05, 0.1) is 19.3 Å². The van der Waals surface area contributed by atoms with Crippen molar-refractivity contribution in [3.8, 4) is 17.1 Å². The number of hydrogen-bond donors (Lipinski definition) is 1. The summed E-state index contributed by atoms with van der Waals surface area (Å²) in [4.78, 5) is 15.4. The minimum absolute atomic E-state index is 0.129. The molecule has 0 spiro atoms. The monoisotopic (exact) mass is 466 g/mol. The first kappa shape index (κ1) is 23.3. The minimum atomic E-state index is -1.35. The van der Waals surface area contributed by atoms with Crippen LogP contribution in [0.3, 0.4) is 0 Å². The van der Waals surface area contributed by atoms with E-state index in [0.29, 0.717) is 11.1 Å². The van der Waals surface area contributed by atoms with Gasteiger partial charge in [-0.25, -0.2) is 9.18 Å². The largest absolute Gasteiger partial charge is 0.497 e. The molecular weight excluding hydrogens is 443 g/mol. The van der Waals surface area contributed by atoms with E-state index < -0.39 is 23.0 Å². The van der Waals surface area contributed by atoms with E-state index in [4.69, 9.17) is 23.8 Å². The first-order chi connectivity index (χ1) is 16.4. The summed E-state index contributed by atoms with van der Waals surface area (Å²) >= 11 is 0. The molecule has 0 bridgehead atoms. The summed E-state index contributed by atoms with van der Waals surface area (Å²) in [6.45, 7) is 0.252. The standard InChI is InChI=1S/C25H23FN2O6/c1-31-14-25(33-3)13-17(8-10-20(25)15-5-4-6-18(11-15)32-2)23-27-22(28-34-23)16-7-9-19(24(29)30)21(26)12-16/h4-13,20H,14H2,1-3H3,(H,29,30). The van der Waals surface area contributed by atoms with Crippen LogP contribution in [0, 0.1) is 5.82 Å². The Labute approximate surface area is 195 Å². The lowest BCUT2D eigenvalue weighted by Gasteiger charge is -2.38. The molecule has 2 atom stereocenters. The van der Waals surface area contributed by atoms with Gasteiger partial charge in [0.15, 0.2) is 0 Å². The van der Waals surface area contributed by atoms with E-state index >= 15 is 0 Å². The van der Waals surface area contributed by atoms with Crippen LogP contribution >= 0.6 is 0 Å². The SMILES string of the molecule is COCC1(OC)C=C(c2nc(-c3ccc(C(=O)O)c(F)c3)no2)C=CC1c1cccc(OC)c1. The van der Waals surface area contributed by atoms with Crippen molar-refractivity contribution in [2.24, 2.45) is 0 Å². The summed E-state index contributed by atoms with van der Waals surface area (Å²) in [5, 5.41) is 12.9. The van der Waals surface area contributed by atoms with Crippen molar-refractivity contribution >= 4 is 11.5 Å². The molecule has 0 radical (unpaired) electrons. The van der Waals surface area contributed by atoms with Gasteiger partial charge in [-0.1, -0.05) is 29.4 Å². The number of aromatic carboxylic acids is 1. The topological polar surface area (TPSA) is 104 Å². The van der Waals surface area contributed by atoms with E-state index in [2.05, 4.69) is 10.1 Å². The summed E-state index contributed by atoms with van der Waals surface area (Å²) in [6, 6.07) is 11.4. The molecule has 4 rings (SSSR count). The predicted octanol–water partition coefficient (Wildman–Crippen LogP) is 4.35. The highest BCUT2D eigenvalue weighted by Crippen LogP contribution is 2.41. The number of benzene rings is 2. The van der Waals surface area contributed by atoms with Crippen molar-refractivity contribution in [3.05, 3.63) is 83.5 Å². The van der Waals surface area contributed by atoms with Crippen LogP contribution in [0.25, 0.3) is 17.0 Å². The van der Waals surface area contributed by atoms with Gasteiger partial charge in [-0.3, -0.25) is 0 Å². The van der Waals surface area contributed by atoms with E-state index in [1.54, 1.807) is 21.3 Å². The number of allylic oxidation sites excluding steroid dienone is 2. The number of rotatable bonds is 8. The van der Waals surface area contributed by atoms with Crippen LogP contribution < -0.4 is 4.74 Å². The molecule has 0 saturated heterocycles. The third-order valence-corrected chi connectivity index (χ3v) is 5.73. The van der Waals surface area contributed by atoms with Gasteiger partial charge in [-0.15, -0.1) is 0 Å². The Morgan fingerprint density at radius 1 is 1.21 bits per heavy atom. The predicted molar refractivity (Wildman–Crippen MR) is 121 cm³/mol. The number of carbonyl (C=O) groups is 1. The van der Waals surface area contributed by atoms with Crippen LogP contribution in [-0.4, -0.2) is 54.8 Å². The molecule has 1 N–H and O–H groups in total. The number of nitrogens with zero attached hydrogens (tertiary/aromatic N) is 2. The van der Waals surface area contributed by atoms with Crippen molar-refractivity contribution in [1.82, 2.24) is 10.1 Å². The highest BCUT2D eigenvalue weighted by molar-refractivity contribution is 5.88. The zero-order chi connectivity index (χ0) is 24.3. The lowest BCUT2D eigenvalue weighted by atomic mass is 9.77. The molecule has 2 unspecified atom stereocenters. The highest BCUT2D eigenvalue weighted by atomic mass is 19.1. The molecule has 2 aromatic carbocycles. The van der Waals surface area contributed by atoms with E-state index in [1.807, 2.05) is 42.5 Å². The molecular formula is C25H23FN2O6. The van der Waals surface area contributed by atoms with Gasteiger partial charge in [0.25, 0.3) is 5.89 Å². The molecule has 1 aliphatic carbocycles. The molecule has 0 fully saturated rings. The van der Waals surface area contributed by atoms with Crippen LogP contribution in [0.15, 0.2) is 65.2 Å². The van der Waals surface area contributed by atoms with Gasteiger partial charge in [-0.2, -0.15) is 4.98 Å². The second-order valence-electron chi connectivity index (χ2n) is 7.73. The fraction of sp³-hybridized carbons (Fsp3) is 0.240. The first-order valence-corrected chi connectivity index (χ1v) is 10.4. The maximum absolute atomic E-state index is 14.1. The average Bonchev–Trinajstić information content (AvgIpc) is 3.34. The molecule has 0 saturated carbocycles. The van der Waals surface area contributed by atoms with Crippen molar-refractivity contribution < 1.29 is 33.0 Å². The zero-order valence-corrected chi connectivity index (χ0v) is 18.8. The first-order valence-electron chi connectivity index (χ1n) is 10.4. The van der Waals surface area contributed by atoms with E-state index in [1.165, 1.54) is 6.07 Å². The summed E-state index contributed by atoms with van der Waals surface area (Å²) < 4.78 is 36.4. The van der Waals surface area contributed by atoms with E-state index in [-0.39, 0.29) is 24.2 Å². The Morgan fingerprint density at radius 3 is 2.71 bits per heavy atom. The quantitative estimate of drug-likeness (QED) is 0.523. The molecule has 34 heavy (non-hydrogen) atoms. The van der Waals surface area contributed by atoms with Crippen LogP contribution in [0.1, 0.15) is 27.7 Å². The molecule has 1 heterocycles. The molecule has 176 valence electrons. The molecule has 3 aromatic rings. The number of aromatic nitrogens is 2. The van der Waals surface area contributed by atoms with Crippen molar-refractivity contribution in [3.63, 3.8) is 0 Å². The highest BCUT2D eigenvalue weighted by Gasteiger charge is 2.40. The van der Waals surface area contributed by atoms with Crippen molar-refractivity contribution in [2.45, 2.75) is 11.5 Å². The fourth-order valence-corrected chi connectivity index (χ4v) is 4.01. The van der Waals surface area contributed by atoms with Gasteiger partial charge < -0.3 is 23.8 Å². The summed E-state index contributed by atoms with van der Waals surface area (Å²) in [7, 11) is 4.81. The lowest BCUT2D eigenvalue weighted by molar-refractivity contribution is -0.0387. The van der Waals surface area contributed by atoms with Crippen LogP contribution in [-0.2, 0) is 9.47 Å². The minimum Gasteiger partial charge on any atom is -0.497 e. The van der Waals surface area contributed by atoms with Crippen molar-refractivity contribution in [1.29, 1.82) is 0 Å².